The van der Waals surface area contributed by atoms with E-state index in [1.165, 1.54) is 28.0 Å². The van der Waals surface area contributed by atoms with Gasteiger partial charge in [0.05, 0.1) is 23.4 Å². The number of aromatic nitrogens is 1. The Bertz CT molecular complexity index is 1680. The molecule has 1 aliphatic carbocycles. The summed E-state index contributed by atoms with van der Waals surface area (Å²) in [7, 11) is 1.67. The Labute approximate surface area is 215 Å². The lowest BCUT2D eigenvalue weighted by atomic mass is 9.83. The molecule has 0 amide bonds. The average Bonchev–Trinajstić information content (AvgIpc) is 3.19. The Balaban J connectivity index is 1.60. The number of hydrogen-bond donors (Lipinski definition) is 0. The fraction of sp³-hybridized carbons (Fsp3) is 0.172. The Kier molecular flexibility index (Phi) is 5.58. The molecule has 6 heteroatoms. The van der Waals surface area contributed by atoms with Crippen LogP contribution in [0.2, 0.25) is 0 Å². The number of rotatable bonds is 3. The summed E-state index contributed by atoms with van der Waals surface area (Å²) in [5.41, 5.74) is 7.81. The molecular weight excluding hydrogens is 520 g/mol. The summed E-state index contributed by atoms with van der Waals surface area (Å²) in [4.78, 5) is 19.6. The van der Waals surface area contributed by atoms with Crippen molar-refractivity contribution in [1.82, 2.24) is 4.57 Å². The Hall–Kier alpha value is -3.22. The molecule has 35 heavy (non-hydrogen) atoms. The van der Waals surface area contributed by atoms with Crippen molar-refractivity contribution in [2.75, 3.05) is 7.11 Å². The predicted molar refractivity (Wildman–Crippen MR) is 145 cm³/mol. The Morgan fingerprint density at radius 3 is 2.69 bits per heavy atom. The van der Waals surface area contributed by atoms with Crippen molar-refractivity contribution >= 4 is 39.0 Å². The SMILES string of the molecule is COc1cc(/C=c2/sc3n(c2=O)[C@@H](c2ccc(Br)cc2)C2=C(N=3)c3ccccc3CC2)ccc1C. The number of benzene rings is 3. The van der Waals surface area contributed by atoms with E-state index in [0.29, 0.717) is 4.53 Å². The van der Waals surface area contributed by atoms with Crippen molar-refractivity contribution in [3.8, 4) is 5.75 Å². The van der Waals surface area contributed by atoms with Gasteiger partial charge in [-0.1, -0.05) is 75.8 Å². The standard InChI is InChI=1S/C29H23BrN2O2S/c1-17-7-8-18(15-24(17)34-2)16-25-28(33)32-27(20-9-12-21(30)13-10-20)23-14-11-19-5-3-4-6-22(19)26(23)31-29(32)35-25/h3-10,12-13,15-16,27H,11,14H2,1-2H3/b25-16+/t27-/m0/s1. The third-order valence-corrected chi connectivity index (χ3v) is 8.30. The molecule has 4 aromatic rings. The van der Waals surface area contributed by atoms with Crippen molar-refractivity contribution < 1.29 is 4.74 Å². The summed E-state index contributed by atoms with van der Waals surface area (Å²) in [5.74, 6) is 0.811. The molecule has 0 N–H and O–H groups in total. The van der Waals surface area contributed by atoms with Crippen LogP contribution in [0.4, 0.5) is 0 Å². The van der Waals surface area contributed by atoms with Crippen LogP contribution in [0.5, 0.6) is 5.75 Å². The average molecular weight is 543 g/mol. The van der Waals surface area contributed by atoms with E-state index in [1.54, 1.807) is 7.11 Å². The highest BCUT2D eigenvalue weighted by molar-refractivity contribution is 9.10. The summed E-state index contributed by atoms with van der Waals surface area (Å²) in [6, 6.07) is 22.6. The zero-order valence-corrected chi connectivity index (χ0v) is 21.8. The van der Waals surface area contributed by atoms with Crippen molar-refractivity contribution in [2.45, 2.75) is 25.8 Å². The van der Waals surface area contributed by atoms with E-state index >= 15 is 0 Å². The van der Waals surface area contributed by atoms with Gasteiger partial charge in [0.1, 0.15) is 5.75 Å². The first-order chi connectivity index (χ1) is 17.0. The van der Waals surface area contributed by atoms with Crippen LogP contribution in [0.25, 0.3) is 11.8 Å². The largest absolute Gasteiger partial charge is 0.496 e. The monoisotopic (exact) mass is 542 g/mol. The maximum absolute atomic E-state index is 13.8. The molecule has 1 aromatic heterocycles. The number of fused-ring (bicyclic) bond motifs is 3. The Morgan fingerprint density at radius 2 is 1.89 bits per heavy atom. The molecule has 2 heterocycles. The van der Waals surface area contributed by atoms with Crippen LogP contribution in [0.3, 0.4) is 0 Å². The Morgan fingerprint density at radius 1 is 1.09 bits per heavy atom. The summed E-state index contributed by atoms with van der Waals surface area (Å²) in [6.07, 6.45) is 3.78. The van der Waals surface area contributed by atoms with Gasteiger partial charge in [-0.15, -0.1) is 0 Å². The number of ether oxygens (including phenoxy) is 1. The van der Waals surface area contributed by atoms with Gasteiger partial charge in [-0.3, -0.25) is 9.36 Å². The lowest BCUT2D eigenvalue weighted by Crippen LogP contribution is -2.38. The molecule has 6 rings (SSSR count). The van der Waals surface area contributed by atoms with E-state index in [9.17, 15) is 4.79 Å². The maximum Gasteiger partial charge on any atom is 0.271 e. The van der Waals surface area contributed by atoms with E-state index in [2.05, 4.69) is 52.3 Å². The number of hydrogen-bond acceptors (Lipinski definition) is 4. The second-order valence-corrected chi connectivity index (χ2v) is 10.8. The number of halogens is 1. The van der Waals surface area contributed by atoms with E-state index in [0.717, 1.165) is 50.3 Å². The highest BCUT2D eigenvalue weighted by atomic mass is 79.9. The summed E-state index contributed by atoms with van der Waals surface area (Å²) in [6.45, 7) is 2.01. The molecule has 174 valence electrons. The number of thiazole rings is 1. The van der Waals surface area contributed by atoms with Crippen LogP contribution < -0.4 is 19.6 Å². The number of nitrogens with zero attached hydrogens (tertiary/aromatic N) is 2. The van der Waals surface area contributed by atoms with Gasteiger partial charge in [-0.2, -0.15) is 0 Å². The van der Waals surface area contributed by atoms with Gasteiger partial charge in [-0.05, 0) is 71.9 Å². The fourth-order valence-electron chi connectivity index (χ4n) is 5.05. The van der Waals surface area contributed by atoms with Gasteiger partial charge in [0.15, 0.2) is 4.80 Å². The molecule has 0 spiro atoms. The minimum absolute atomic E-state index is 0.00776. The smallest absolute Gasteiger partial charge is 0.271 e. The van der Waals surface area contributed by atoms with Crippen LogP contribution in [0.1, 0.15) is 40.3 Å². The molecule has 2 aliphatic rings. The first-order valence-electron chi connectivity index (χ1n) is 11.6. The number of methoxy groups -OCH3 is 1. The van der Waals surface area contributed by atoms with Gasteiger partial charge in [-0.25, -0.2) is 4.99 Å². The van der Waals surface area contributed by atoms with Crippen LogP contribution in [-0.4, -0.2) is 11.7 Å². The molecule has 0 radical (unpaired) electrons. The van der Waals surface area contributed by atoms with Crippen molar-refractivity contribution in [3.63, 3.8) is 0 Å². The molecule has 0 saturated heterocycles. The number of allylic oxidation sites excluding steroid dienone is 1. The molecule has 3 aromatic carbocycles. The van der Waals surface area contributed by atoms with Gasteiger partial charge >= 0.3 is 0 Å². The second kappa shape index (κ2) is 8.77. The summed E-state index contributed by atoms with van der Waals surface area (Å²) >= 11 is 5.00. The molecule has 0 bridgehead atoms. The van der Waals surface area contributed by atoms with E-state index in [1.807, 2.05) is 47.9 Å². The van der Waals surface area contributed by atoms with Crippen LogP contribution in [-0.2, 0) is 6.42 Å². The third-order valence-electron chi connectivity index (χ3n) is 6.79. The second-order valence-electron chi connectivity index (χ2n) is 8.89. The van der Waals surface area contributed by atoms with Gasteiger partial charge in [0.25, 0.3) is 5.56 Å². The molecule has 1 aliphatic heterocycles. The molecule has 1 atom stereocenters. The zero-order chi connectivity index (χ0) is 24.1. The van der Waals surface area contributed by atoms with E-state index < -0.39 is 0 Å². The minimum Gasteiger partial charge on any atom is -0.496 e. The van der Waals surface area contributed by atoms with Gasteiger partial charge in [0.2, 0.25) is 0 Å². The highest BCUT2D eigenvalue weighted by Gasteiger charge is 2.32. The lowest BCUT2D eigenvalue weighted by molar-refractivity contribution is 0.411. The van der Waals surface area contributed by atoms with Gasteiger partial charge < -0.3 is 4.74 Å². The van der Waals surface area contributed by atoms with E-state index in [4.69, 9.17) is 9.73 Å². The maximum atomic E-state index is 13.8. The molecule has 0 unspecified atom stereocenters. The summed E-state index contributed by atoms with van der Waals surface area (Å²) < 4.78 is 9.06. The highest BCUT2D eigenvalue weighted by Crippen LogP contribution is 2.41. The van der Waals surface area contributed by atoms with Gasteiger partial charge in [0, 0.05) is 10.0 Å². The minimum atomic E-state index is -0.169. The zero-order valence-electron chi connectivity index (χ0n) is 19.4. The van der Waals surface area contributed by atoms with Crippen LogP contribution >= 0.6 is 27.3 Å². The van der Waals surface area contributed by atoms with Crippen LogP contribution in [0.15, 0.2) is 86.6 Å². The molecule has 4 nitrogen and oxygen atoms in total. The number of aryl methyl sites for hydroxylation is 2. The van der Waals surface area contributed by atoms with Crippen molar-refractivity contribution in [2.24, 2.45) is 4.99 Å². The first-order valence-corrected chi connectivity index (χ1v) is 13.2. The first kappa shape index (κ1) is 22.3. The molecule has 0 saturated carbocycles. The normalized spacial score (nSPS) is 16.9. The van der Waals surface area contributed by atoms with Crippen molar-refractivity contribution in [1.29, 1.82) is 0 Å². The quantitative estimate of drug-likeness (QED) is 0.348. The predicted octanol–water partition coefficient (Wildman–Crippen LogP) is 5.40. The molecular formula is C29H23BrN2O2S. The molecule has 0 fully saturated rings. The topological polar surface area (TPSA) is 43.6 Å². The van der Waals surface area contributed by atoms with E-state index in [-0.39, 0.29) is 11.6 Å². The fourth-order valence-corrected chi connectivity index (χ4v) is 6.31. The summed E-state index contributed by atoms with van der Waals surface area (Å²) in [5, 5.41) is 0. The van der Waals surface area contributed by atoms with Crippen LogP contribution in [0, 0.1) is 6.92 Å². The lowest BCUT2D eigenvalue weighted by Gasteiger charge is -2.30. The van der Waals surface area contributed by atoms with Crippen molar-refractivity contribution in [3.05, 3.63) is 124 Å². The third kappa shape index (κ3) is 3.81.